The van der Waals surface area contributed by atoms with Gasteiger partial charge in [-0.3, -0.25) is 24.0 Å². The number of carbonyl (C=O) groups is 4. The van der Waals surface area contributed by atoms with E-state index in [2.05, 4.69) is 20.8 Å². The van der Waals surface area contributed by atoms with Crippen molar-refractivity contribution in [2.24, 2.45) is 5.16 Å². The van der Waals surface area contributed by atoms with E-state index >= 15 is 0 Å². The molecule has 0 radical (unpaired) electrons. The number of amides is 3. The molecular weight excluding hydrogens is 991 g/mol. The number of anilines is 1. The van der Waals surface area contributed by atoms with Gasteiger partial charge in [0.15, 0.2) is 16.9 Å². The van der Waals surface area contributed by atoms with Crippen molar-refractivity contribution in [3.05, 3.63) is 201 Å². The number of esters is 1. The van der Waals surface area contributed by atoms with Crippen LogP contribution in [0.25, 0.3) is 0 Å². The minimum Gasteiger partial charge on any atom is -0.781 e. The fourth-order valence-electron chi connectivity index (χ4n) is 7.52. The molecule has 2 aliphatic heterocycles. The third kappa shape index (κ3) is 10.1. The molecule has 0 spiro atoms. The van der Waals surface area contributed by atoms with Crippen LogP contribution in [0.3, 0.4) is 0 Å². The van der Waals surface area contributed by atoms with Crippen LogP contribution in [0, 0.1) is 0 Å². The average Bonchev–Trinajstić information content (AvgIpc) is 3.77. The second-order valence-electron chi connectivity index (χ2n) is 15.9. The fraction of sp³-hybridized carbons (Fsp3) is 0.184. The van der Waals surface area contributed by atoms with Crippen LogP contribution < -0.4 is 10.6 Å². The first kappa shape index (κ1) is 47.7. The molecule has 3 amide bonds. The summed E-state index contributed by atoms with van der Waals surface area (Å²) in [5, 5.41) is 10.3. The largest absolute Gasteiger partial charge is 1.00 e. The number of hydrogen-bond donors (Lipinski definition) is 2. The molecule has 3 atom stereocenters. The van der Waals surface area contributed by atoms with Crippen molar-refractivity contribution in [2.75, 3.05) is 11.1 Å². The summed E-state index contributed by atoms with van der Waals surface area (Å²) < 4.78 is 25.3. The first-order chi connectivity index (χ1) is 31.3. The summed E-state index contributed by atoms with van der Waals surface area (Å²) in [5.41, 5.74) is 0.595. The van der Waals surface area contributed by atoms with Crippen molar-refractivity contribution in [2.45, 2.75) is 49.5 Å². The maximum atomic E-state index is 14.7. The standard InChI is InChI=1S/C49H43N5O8S3.Ag/c1-48(2,3)61-47(58)52-46-50-36(29-64-46)38(53-62-49(33-23-13-6-14-24-33,34-25-15-7-16-26-34)35-27-17-8-18-28-35)42(55)51-39-43(56)54-40(37(63)30-65(59)44(39)54)45(57)60-41(31-19-9-4-10-20-31)32-21-11-5-12-22-32;/h4-29,39,41,44,63H,30H2,1-3H3,(H,51,55)(H,50,52,58);/q;+1/p-1/b53-38-;/t39-,44-,65?;/m1./s1. The van der Waals surface area contributed by atoms with Crippen molar-refractivity contribution in [1.82, 2.24) is 15.2 Å². The number of oxime groups is 1. The van der Waals surface area contributed by atoms with E-state index in [9.17, 15) is 23.4 Å². The molecule has 13 nitrogen and oxygen atoms in total. The molecule has 2 aliphatic rings. The Morgan fingerprint density at radius 3 is 1.77 bits per heavy atom. The molecule has 1 saturated heterocycles. The number of fused-ring (bicyclic) bond motifs is 1. The summed E-state index contributed by atoms with van der Waals surface area (Å²) >= 11 is 6.58. The van der Waals surface area contributed by atoms with Crippen LogP contribution in [0.5, 0.6) is 0 Å². The maximum absolute atomic E-state index is 14.7. The van der Waals surface area contributed by atoms with Gasteiger partial charge >= 0.3 is 34.4 Å². The molecule has 1 fully saturated rings. The third-order valence-corrected chi connectivity index (χ3v) is 13.3. The van der Waals surface area contributed by atoms with Crippen LogP contribution in [0.2, 0.25) is 0 Å². The van der Waals surface area contributed by atoms with Crippen LogP contribution in [0.4, 0.5) is 9.93 Å². The molecule has 340 valence electrons. The number of thiazole rings is 1. The molecule has 17 heteroatoms. The zero-order valence-corrected chi connectivity index (χ0v) is 39.5. The van der Waals surface area contributed by atoms with Gasteiger partial charge in [-0.1, -0.05) is 157 Å². The zero-order chi connectivity index (χ0) is 45.7. The smallest absolute Gasteiger partial charge is 0.781 e. The molecule has 0 saturated carbocycles. The Hall–Kier alpha value is -6.27. The van der Waals surface area contributed by atoms with Crippen LogP contribution >= 0.6 is 11.3 Å². The molecular formula is C49H42AgN5O8S3. The van der Waals surface area contributed by atoms with E-state index in [0.29, 0.717) is 27.8 Å². The van der Waals surface area contributed by atoms with E-state index in [1.54, 1.807) is 20.8 Å². The molecule has 1 unspecified atom stereocenters. The van der Waals surface area contributed by atoms with Gasteiger partial charge in [-0.2, -0.15) is 4.91 Å². The third-order valence-electron chi connectivity index (χ3n) is 10.4. The number of ether oxygens (including phenoxy) is 2. The van der Waals surface area contributed by atoms with E-state index in [4.69, 9.17) is 26.9 Å². The van der Waals surface area contributed by atoms with Crippen LogP contribution in [0.15, 0.2) is 173 Å². The fourth-order valence-corrected chi connectivity index (χ4v) is 10.2. The van der Waals surface area contributed by atoms with Crippen molar-refractivity contribution in [3.8, 4) is 0 Å². The number of nitrogens with one attached hydrogen (secondary N) is 2. The molecule has 66 heavy (non-hydrogen) atoms. The van der Waals surface area contributed by atoms with Crippen LogP contribution in [-0.2, 0) is 80.1 Å². The summed E-state index contributed by atoms with van der Waals surface area (Å²) in [4.78, 5) is 68.0. The van der Waals surface area contributed by atoms with Crippen molar-refractivity contribution < 1.29 is 60.1 Å². The first-order valence-electron chi connectivity index (χ1n) is 20.4. The van der Waals surface area contributed by atoms with Gasteiger partial charge in [0.2, 0.25) is 5.60 Å². The predicted octanol–water partition coefficient (Wildman–Crippen LogP) is 7.71. The Morgan fingerprint density at radius 2 is 1.29 bits per heavy atom. The second kappa shape index (κ2) is 20.5. The number of hydrogen-bond acceptors (Lipinski definition) is 12. The number of aromatic nitrogens is 1. The van der Waals surface area contributed by atoms with Crippen LogP contribution in [0.1, 0.15) is 60.4 Å². The minimum absolute atomic E-state index is 0. The molecule has 0 bridgehead atoms. The maximum Gasteiger partial charge on any atom is 1.00 e. The van der Waals surface area contributed by atoms with Gasteiger partial charge in [0.1, 0.15) is 28.4 Å². The van der Waals surface area contributed by atoms with E-state index < -0.39 is 63.4 Å². The van der Waals surface area contributed by atoms with Gasteiger partial charge < -0.3 is 32.3 Å². The van der Waals surface area contributed by atoms with E-state index in [1.165, 1.54) is 5.38 Å². The molecule has 0 aliphatic carbocycles. The second-order valence-corrected chi connectivity index (χ2v) is 18.8. The molecule has 6 aromatic rings. The molecule has 1 aromatic heterocycles. The minimum atomic E-state index is -1.83. The van der Waals surface area contributed by atoms with Crippen LogP contribution in [-0.4, -0.2) is 66.5 Å². The summed E-state index contributed by atoms with van der Waals surface area (Å²) in [6.07, 6.45) is -1.62. The van der Waals surface area contributed by atoms with Gasteiger partial charge in [-0.25, -0.2) is 14.6 Å². The van der Waals surface area contributed by atoms with Crippen molar-refractivity contribution in [1.29, 1.82) is 0 Å². The zero-order valence-electron chi connectivity index (χ0n) is 35.6. The molecule has 5 aromatic carbocycles. The molecule has 2 N–H and O–H groups in total. The van der Waals surface area contributed by atoms with Gasteiger partial charge in [0.25, 0.3) is 11.8 Å². The van der Waals surface area contributed by atoms with Gasteiger partial charge in [0, 0.05) is 38.6 Å². The number of carbonyl (C=O) groups excluding carboxylic acids is 4. The van der Waals surface area contributed by atoms with E-state index in [1.807, 2.05) is 152 Å². The van der Waals surface area contributed by atoms with E-state index in [-0.39, 0.29) is 55.3 Å². The predicted molar refractivity (Wildman–Crippen MR) is 250 cm³/mol. The first-order valence-corrected chi connectivity index (χ1v) is 23.1. The normalized spacial score (nSPS) is 17.2. The Balaban J connectivity index is 0.00000648. The summed E-state index contributed by atoms with van der Waals surface area (Å²) in [6, 6.07) is 44.9. The van der Waals surface area contributed by atoms with Gasteiger partial charge in [-0.15, -0.1) is 11.3 Å². The average molecular weight is 1030 g/mol. The quantitative estimate of drug-likeness (QED) is 0.0223. The summed E-state index contributed by atoms with van der Waals surface area (Å²) in [7, 11) is -1.83. The van der Waals surface area contributed by atoms with Gasteiger partial charge in [-0.05, 0) is 31.9 Å². The van der Waals surface area contributed by atoms with E-state index in [0.717, 1.165) is 16.2 Å². The Bertz CT molecular complexity index is 2660. The number of rotatable bonds is 13. The monoisotopic (exact) mass is 1030 g/mol. The summed E-state index contributed by atoms with van der Waals surface area (Å²) in [5.74, 6) is -2.76. The number of benzene rings is 5. The number of nitrogens with zero attached hydrogens (tertiary/aromatic N) is 3. The molecule has 8 rings (SSSR count). The van der Waals surface area contributed by atoms with Crippen molar-refractivity contribution in [3.63, 3.8) is 0 Å². The Labute approximate surface area is 409 Å². The topological polar surface area (TPSA) is 166 Å². The molecule has 3 heterocycles. The Kier molecular flexibility index (Phi) is 14.8. The SMILES string of the molecule is CC(C)(C)OC(=O)Nc1nc(/C(=N/OC(c2ccccc2)(c2ccccc2)c2ccccc2)C(=O)N[C@@H]2C(=O)N3C(C(=O)OC(c4ccccc4)c4ccccc4)=C([S-])CS(=O)[C@H]23)cs1.[Ag+]. The van der Waals surface area contributed by atoms with Crippen molar-refractivity contribution >= 4 is 69.5 Å². The Morgan fingerprint density at radius 1 is 0.803 bits per heavy atom. The number of β-lactam (4-membered cyclic amide) rings is 1. The summed E-state index contributed by atoms with van der Waals surface area (Å²) in [6.45, 7) is 5.16. The van der Waals surface area contributed by atoms with Gasteiger partial charge in [0.05, 0.1) is 0 Å².